The summed E-state index contributed by atoms with van der Waals surface area (Å²) in [5.74, 6) is 0.254. The molecule has 0 spiro atoms. The number of rotatable bonds is 6. The molecule has 0 unspecified atom stereocenters. The highest BCUT2D eigenvalue weighted by atomic mass is 35.5. The zero-order chi connectivity index (χ0) is 14.6. The molecular formula is C13H19ClN2O3S. The highest BCUT2D eigenvalue weighted by Gasteiger charge is 2.20. The van der Waals surface area contributed by atoms with E-state index in [4.69, 9.17) is 16.3 Å². The summed E-state index contributed by atoms with van der Waals surface area (Å²) in [5.41, 5.74) is 0. The second-order valence-corrected chi connectivity index (χ2v) is 6.95. The van der Waals surface area contributed by atoms with Crippen LogP contribution in [0.4, 0.5) is 0 Å². The van der Waals surface area contributed by atoms with E-state index in [1.807, 2.05) is 0 Å². The van der Waals surface area contributed by atoms with Gasteiger partial charge in [-0.3, -0.25) is 0 Å². The summed E-state index contributed by atoms with van der Waals surface area (Å²) in [6, 6.07) is 4.90. The molecule has 0 saturated carbocycles. The quantitative estimate of drug-likeness (QED) is 0.839. The van der Waals surface area contributed by atoms with Crippen LogP contribution >= 0.6 is 11.6 Å². The Morgan fingerprint density at radius 3 is 2.95 bits per heavy atom. The van der Waals surface area contributed by atoms with Gasteiger partial charge in [-0.2, -0.15) is 0 Å². The topological polar surface area (TPSA) is 67.4 Å². The van der Waals surface area contributed by atoms with Crippen molar-refractivity contribution >= 4 is 21.6 Å². The number of sulfonamides is 1. The van der Waals surface area contributed by atoms with Crippen LogP contribution < -0.4 is 14.8 Å². The number of hydrogen-bond donors (Lipinski definition) is 2. The number of nitrogens with one attached hydrogen (secondary N) is 2. The van der Waals surface area contributed by atoms with E-state index in [2.05, 4.69) is 10.0 Å². The minimum absolute atomic E-state index is 0.115. The number of hydrogen-bond acceptors (Lipinski definition) is 4. The molecule has 0 amide bonds. The lowest BCUT2D eigenvalue weighted by atomic mass is 10.2. The first-order chi connectivity index (χ1) is 9.53. The Labute approximate surface area is 124 Å². The van der Waals surface area contributed by atoms with Crippen LogP contribution in [0.25, 0.3) is 0 Å². The summed E-state index contributed by atoms with van der Waals surface area (Å²) in [5, 5.41) is 3.78. The van der Waals surface area contributed by atoms with E-state index in [-0.39, 0.29) is 10.6 Å². The molecule has 1 aliphatic heterocycles. The van der Waals surface area contributed by atoms with Crippen molar-refractivity contribution in [2.45, 2.75) is 30.2 Å². The molecular weight excluding hydrogens is 300 g/mol. The lowest BCUT2D eigenvalue weighted by Gasteiger charge is -2.13. The van der Waals surface area contributed by atoms with Gasteiger partial charge in [0.1, 0.15) is 10.6 Å². The fourth-order valence-electron chi connectivity index (χ4n) is 2.31. The number of methoxy groups -OCH3 is 1. The van der Waals surface area contributed by atoms with E-state index in [1.165, 1.54) is 25.3 Å². The van der Waals surface area contributed by atoms with Crippen molar-refractivity contribution < 1.29 is 13.2 Å². The maximum Gasteiger partial charge on any atom is 0.244 e. The third kappa shape index (κ3) is 3.85. The van der Waals surface area contributed by atoms with Crippen LogP contribution in [0, 0.1) is 0 Å². The van der Waals surface area contributed by atoms with Gasteiger partial charge >= 0.3 is 0 Å². The monoisotopic (exact) mass is 318 g/mol. The van der Waals surface area contributed by atoms with E-state index in [0.29, 0.717) is 17.6 Å². The first-order valence-electron chi connectivity index (χ1n) is 6.59. The van der Waals surface area contributed by atoms with Gasteiger partial charge in [0.05, 0.1) is 7.11 Å². The third-order valence-corrected chi connectivity index (χ3v) is 5.10. The minimum Gasteiger partial charge on any atom is -0.495 e. The Morgan fingerprint density at radius 1 is 1.50 bits per heavy atom. The van der Waals surface area contributed by atoms with Gasteiger partial charge in [0.25, 0.3) is 0 Å². The van der Waals surface area contributed by atoms with Crippen LogP contribution in [-0.4, -0.2) is 34.7 Å². The molecule has 1 aromatic rings. The fourth-order valence-corrected chi connectivity index (χ4v) is 3.67. The van der Waals surface area contributed by atoms with E-state index < -0.39 is 10.0 Å². The molecule has 1 aromatic carbocycles. The fraction of sp³-hybridized carbons (Fsp3) is 0.538. The van der Waals surface area contributed by atoms with Crippen LogP contribution in [0.15, 0.2) is 23.1 Å². The average Bonchev–Trinajstić information content (AvgIpc) is 2.91. The van der Waals surface area contributed by atoms with Gasteiger partial charge in [-0.05, 0) is 37.9 Å². The highest BCUT2D eigenvalue weighted by Crippen LogP contribution is 2.26. The molecule has 0 aromatic heterocycles. The van der Waals surface area contributed by atoms with Crippen molar-refractivity contribution in [3.05, 3.63) is 23.2 Å². The molecule has 0 bridgehead atoms. The number of benzene rings is 1. The van der Waals surface area contributed by atoms with Crippen molar-refractivity contribution in [1.29, 1.82) is 0 Å². The molecule has 1 atom stereocenters. The van der Waals surface area contributed by atoms with E-state index in [1.54, 1.807) is 0 Å². The van der Waals surface area contributed by atoms with E-state index in [9.17, 15) is 8.42 Å². The Kier molecular flexibility index (Phi) is 5.26. The van der Waals surface area contributed by atoms with E-state index in [0.717, 1.165) is 25.8 Å². The van der Waals surface area contributed by atoms with Gasteiger partial charge in [0, 0.05) is 23.7 Å². The third-order valence-electron chi connectivity index (χ3n) is 3.36. The normalized spacial score (nSPS) is 19.2. The van der Waals surface area contributed by atoms with Crippen LogP contribution in [0.2, 0.25) is 5.02 Å². The lowest BCUT2D eigenvalue weighted by Crippen LogP contribution is -2.30. The maximum atomic E-state index is 12.2. The van der Waals surface area contributed by atoms with Gasteiger partial charge in [0.15, 0.2) is 0 Å². The lowest BCUT2D eigenvalue weighted by molar-refractivity contribution is 0.402. The standard InChI is InChI=1S/C13H19ClN2O3S/c1-19-12-9-10(14)4-5-13(12)20(17,18)16-8-6-11-3-2-7-15-11/h4-5,9,11,15-16H,2-3,6-8H2,1H3/t11-/m1/s1. The Hall–Kier alpha value is -0.820. The zero-order valence-corrected chi connectivity index (χ0v) is 12.9. The molecule has 1 aliphatic rings. The van der Waals surface area contributed by atoms with Gasteiger partial charge < -0.3 is 10.1 Å². The van der Waals surface area contributed by atoms with Crippen molar-refractivity contribution in [2.75, 3.05) is 20.2 Å². The molecule has 2 N–H and O–H groups in total. The Bertz CT molecular complexity index is 557. The highest BCUT2D eigenvalue weighted by molar-refractivity contribution is 7.89. The second-order valence-electron chi connectivity index (χ2n) is 4.77. The second kappa shape index (κ2) is 6.76. The van der Waals surface area contributed by atoms with Crippen molar-refractivity contribution in [3.8, 4) is 5.75 Å². The van der Waals surface area contributed by atoms with Crippen molar-refractivity contribution in [1.82, 2.24) is 10.0 Å². The molecule has 1 fully saturated rings. The first kappa shape index (κ1) is 15.6. The first-order valence-corrected chi connectivity index (χ1v) is 8.45. The Balaban J connectivity index is 2.02. The van der Waals surface area contributed by atoms with E-state index >= 15 is 0 Å². The van der Waals surface area contributed by atoms with Gasteiger partial charge in [-0.1, -0.05) is 11.6 Å². The molecule has 0 aliphatic carbocycles. The van der Waals surface area contributed by atoms with Crippen LogP contribution in [0.3, 0.4) is 0 Å². The average molecular weight is 319 g/mol. The predicted octanol–water partition coefficient (Wildman–Crippen LogP) is 1.77. The largest absolute Gasteiger partial charge is 0.495 e. The molecule has 2 rings (SSSR count). The SMILES string of the molecule is COc1cc(Cl)ccc1S(=O)(=O)NCC[C@H]1CCCN1. The summed E-state index contributed by atoms with van der Waals surface area (Å²) < 4.78 is 32.2. The molecule has 0 radical (unpaired) electrons. The molecule has 1 heterocycles. The molecule has 20 heavy (non-hydrogen) atoms. The molecule has 5 nitrogen and oxygen atoms in total. The summed E-state index contributed by atoms with van der Waals surface area (Å²) in [7, 11) is -2.15. The summed E-state index contributed by atoms with van der Waals surface area (Å²) >= 11 is 5.83. The maximum absolute atomic E-state index is 12.2. The smallest absolute Gasteiger partial charge is 0.244 e. The van der Waals surface area contributed by atoms with Crippen LogP contribution in [-0.2, 0) is 10.0 Å². The zero-order valence-electron chi connectivity index (χ0n) is 11.4. The summed E-state index contributed by atoms with van der Waals surface area (Å²) in [6.07, 6.45) is 3.05. The van der Waals surface area contributed by atoms with Gasteiger partial charge in [0.2, 0.25) is 10.0 Å². The molecule has 7 heteroatoms. The van der Waals surface area contributed by atoms with Gasteiger partial charge in [-0.25, -0.2) is 13.1 Å². The molecule has 112 valence electrons. The van der Waals surface area contributed by atoms with Crippen molar-refractivity contribution in [2.24, 2.45) is 0 Å². The number of ether oxygens (including phenoxy) is 1. The van der Waals surface area contributed by atoms with Crippen LogP contribution in [0.1, 0.15) is 19.3 Å². The van der Waals surface area contributed by atoms with Gasteiger partial charge in [-0.15, -0.1) is 0 Å². The Morgan fingerprint density at radius 2 is 2.30 bits per heavy atom. The summed E-state index contributed by atoms with van der Waals surface area (Å²) in [4.78, 5) is 0.115. The predicted molar refractivity (Wildman–Crippen MR) is 78.8 cm³/mol. The number of halogens is 1. The molecule has 1 saturated heterocycles. The minimum atomic E-state index is -3.57. The summed E-state index contributed by atoms with van der Waals surface area (Å²) in [6.45, 7) is 1.42. The van der Waals surface area contributed by atoms with Crippen LogP contribution in [0.5, 0.6) is 5.75 Å². The van der Waals surface area contributed by atoms with Crippen molar-refractivity contribution in [3.63, 3.8) is 0 Å².